The molecule has 1 aliphatic carbocycles. The van der Waals surface area contributed by atoms with Gasteiger partial charge in [0.05, 0.1) is 5.52 Å². The van der Waals surface area contributed by atoms with Crippen molar-refractivity contribution < 1.29 is 9.53 Å². The second-order valence-corrected chi connectivity index (χ2v) is 10.1. The standard InChI is InChI=1S/C23H35N5O2/c1-22(2,3)28-19-17-9-7-8-10-18(17)26-20(27-19)24-15-11-13-16(14-12-15)25-21(29)30-23(4,5)6/h7-10,15-16H,11-14H2,1-6H3,(H,25,29)(H2,24,26,27,28)/t15-,16+. The summed E-state index contributed by atoms with van der Waals surface area (Å²) in [6, 6.07) is 8.48. The molecule has 2 aromatic rings. The van der Waals surface area contributed by atoms with Crippen LogP contribution in [0, 0.1) is 0 Å². The highest BCUT2D eigenvalue weighted by Gasteiger charge is 2.25. The minimum atomic E-state index is -0.477. The highest BCUT2D eigenvalue weighted by atomic mass is 16.6. The zero-order valence-electron chi connectivity index (χ0n) is 19.0. The van der Waals surface area contributed by atoms with Gasteiger partial charge in [0.2, 0.25) is 5.95 Å². The van der Waals surface area contributed by atoms with E-state index < -0.39 is 5.60 Å². The molecular formula is C23H35N5O2. The molecule has 0 saturated heterocycles. The highest BCUT2D eigenvalue weighted by Crippen LogP contribution is 2.27. The van der Waals surface area contributed by atoms with Gasteiger partial charge in [-0.1, -0.05) is 12.1 Å². The van der Waals surface area contributed by atoms with Gasteiger partial charge >= 0.3 is 6.09 Å². The molecule has 7 nitrogen and oxygen atoms in total. The van der Waals surface area contributed by atoms with E-state index in [1.807, 2.05) is 45.0 Å². The highest BCUT2D eigenvalue weighted by molar-refractivity contribution is 5.90. The summed E-state index contributed by atoms with van der Waals surface area (Å²) in [6.45, 7) is 12.0. The summed E-state index contributed by atoms with van der Waals surface area (Å²) in [5, 5.41) is 11.0. The van der Waals surface area contributed by atoms with E-state index in [0.717, 1.165) is 42.4 Å². The zero-order chi connectivity index (χ0) is 21.9. The van der Waals surface area contributed by atoms with Crippen LogP contribution in [0.4, 0.5) is 16.6 Å². The molecule has 1 amide bonds. The largest absolute Gasteiger partial charge is 0.444 e. The summed E-state index contributed by atoms with van der Waals surface area (Å²) < 4.78 is 5.36. The lowest BCUT2D eigenvalue weighted by atomic mass is 9.91. The monoisotopic (exact) mass is 413 g/mol. The van der Waals surface area contributed by atoms with Crippen molar-refractivity contribution in [3.63, 3.8) is 0 Å². The maximum absolute atomic E-state index is 12.0. The summed E-state index contributed by atoms with van der Waals surface area (Å²) in [6.07, 6.45) is 3.35. The average Bonchev–Trinajstić information content (AvgIpc) is 2.60. The maximum Gasteiger partial charge on any atom is 0.407 e. The Balaban J connectivity index is 1.63. The zero-order valence-corrected chi connectivity index (χ0v) is 19.0. The number of rotatable bonds is 4. The smallest absolute Gasteiger partial charge is 0.407 e. The van der Waals surface area contributed by atoms with E-state index in [0.29, 0.717) is 5.95 Å². The number of carbonyl (C=O) groups excluding carboxylic acids is 1. The van der Waals surface area contributed by atoms with E-state index in [1.54, 1.807) is 0 Å². The number of hydrogen-bond acceptors (Lipinski definition) is 6. The van der Waals surface area contributed by atoms with Crippen LogP contribution in [0.5, 0.6) is 0 Å². The minimum absolute atomic E-state index is 0.0974. The van der Waals surface area contributed by atoms with E-state index >= 15 is 0 Å². The van der Waals surface area contributed by atoms with E-state index in [2.05, 4.69) is 36.7 Å². The van der Waals surface area contributed by atoms with Crippen molar-refractivity contribution in [3.8, 4) is 0 Å². The Hall–Kier alpha value is -2.57. The van der Waals surface area contributed by atoms with Crippen molar-refractivity contribution in [1.29, 1.82) is 0 Å². The Morgan fingerprint density at radius 2 is 1.60 bits per heavy atom. The summed E-state index contributed by atoms with van der Waals surface area (Å²) in [4.78, 5) is 21.5. The molecular weight excluding hydrogens is 378 g/mol. The van der Waals surface area contributed by atoms with Crippen LogP contribution in [0.2, 0.25) is 0 Å². The molecule has 0 unspecified atom stereocenters. The number of para-hydroxylation sites is 1. The quantitative estimate of drug-likeness (QED) is 0.647. The number of nitrogens with zero attached hydrogens (tertiary/aromatic N) is 2. The molecule has 0 spiro atoms. The fraction of sp³-hybridized carbons (Fsp3) is 0.609. The van der Waals surface area contributed by atoms with Gasteiger partial charge in [0, 0.05) is 23.0 Å². The topological polar surface area (TPSA) is 88.2 Å². The molecule has 3 N–H and O–H groups in total. The van der Waals surface area contributed by atoms with E-state index in [4.69, 9.17) is 14.7 Å². The molecule has 7 heteroatoms. The molecule has 3 rings (SSSR count). The van der Waals surface area contributed by atoms with Gasteiger partial charge in [0.1, 0.15) is 11.4 Å². The molecule has 1 saturated carbocycles. The Morgan fingerprint density at radius 3 is 2.23 bits per heavy atom. The van der Waals surface area contributed by atoms with Crippen molar-refractivity contribution in [2.45, 2.75) is 90.4 Å². The molecule has 0 aliphatic heterocycles. The summed E-state index contributed by atoms with van der Waals surface area (Å²) >= 11 is 0. The van der Waals surface area contributed by atoms with Crippen LogP contribution in [0.15, 0.2) is 24.3 Å². The molecule has 1 aromatic carbocycles. The number of hydrogen-bond donors (Lipinski definition) is 3. The SMILES string of the molecule is CC(C)(C)Nc1nc(N[C@H]2CC[C@@H](NC(=O)OC(C)(C)C)CC2)nc2ccccc12. The number of amides is 1. The molecule has 30 heavy (non-hydrogen) atoms. The molecule has 0 radical (unpaired) electrons. The Morgan fingerprint density at radius 1 is 0.967 bits per heavy atom. The molecule has 1 aliphatic rings. The first kappa shape index (κ1) is 22.1. The number of nitrogens with one attached hydrogen (secondary N) is 3. The van der Waals surface area contributed by atoms with E-state index in [9.17, 15) is 4.79 Å². The summed E-state index contributed by atoms with van der Waals surface area (Å²) in [5.41, 5.74) is 0.344. The van der Waals surface area contributed by atoms with Gasteiger partial charge in [-0.2, -0.15) is 4.98 Å². The average molecular weight is 414 g/mol. The first-order chi connectivity index (χ1) is 14.0. The van der Waals surface area contributed by atoms with Crippen molar-refractivity contribution in [2.24, 2.45) is 0 Å². The predicted octanol–water partition coefficient (Wildman–Crippen LogP) is 5.09. The summed E-state index contributed by atoms with van der Waals surface area (Å²) in [5.74, 6) is 1.49. The lowest BCUT2D eigenvalue weighted by Gasteiger charge is -2.30. The molecule has 0 atom stereocenters. The fourth-order valence-corrected chi connectivity index (χ4v) is 3.63. The second-order valence-electron chi connectivity index (χ2n) is 10.1. The van der Waals surface area contributed by atoms with Crippen LogP contribution in [0.3, 0.4) is 0 Å². The van der Waals surface area contributed by atoms with Gasteiger partial charge in [-0.25, -0.2) is 9.78 Å². The van der Waals surface area contributed by atoms with Crippen LogP contribution in [0.25, 0.3) is 10.9 Å². The van der Waals surface area contributed by atoms with Gasteiger partial charge in [0.15, 0.2) is 0 Å². The normalized spacial score (nSPS) is 19.9. The van der Waals surface area contributed by atoms with Crippen molar-refractivity contribution in [2.75, 3.05) is 10.6 Å². The van der Waals surface area contributed by atoms with Crippen LogP contribution < -0.4 is 16.0 Å². The minimum Gasteiger partial charge on any atom is -0.444 e. The third-order valence-corrected chi connectivity index (χ3v) is 4.88. The first-order valence-corrected chi connectivity index (χ1v) is 10.8. The van der Waals surface area contributed by atoms with Gasteiger partial charge < -0.3 is 20.7 Å². The summed E-state index contributed by atoms with van der Waals surface area (Å²) in [7, 11) is 0. The van der Waals surface area contributed by atoms with Gasteiger partial charge in [-0.05, 0) is 79.4 Å². The lowest BCUT2D eigenvalue weighted by Crippen LogP contribution is -2.42. The van der Waals surface area contributed by atoms with Gasteiger partial charge in [-0.15, -0.1) is 0 Å². The number of benzene rings is 1. The Labute approximate surface area is 179 Å². The van der Waals surface area contributed by atoms with Crippen LogP contribution in [-0.2, 0) is 4.74 Å². The molecule has 0 bridgehead atoms. The molecule has 164 valence electrons. The molecule has 1 heterocycles. The number of aromatic nitrogens is 2. The molecule has 1 aromatic heterocycles. The van der Waals surface area contributed by atoms with Gasteiger partial charge in [-0.3, -0.25) is 0 Å². The van der Waals surface area contributed by atoms with Crippen molar-refractivity contribution in [3.05, 3.63) is 24.3 Å². The second kappa shape index (κ2) is 8.66. The molecule has 1 fully saturated rings. The van der Waals surface area contributed by atoms with Crippen LogP contribution >= 0.6 is 0 Å². The van der Waals surface area contributed by atoms with E-state index in [-0.39, 0.29) is 23.7 Å². The number of anilines is 2. The number of alkyl carbamates (subject to hydrolysis) is 1. The number of fused-ring (bicyclic) bond motifs is 1. The fourth-order valence-electron chi connectivity index (χ4n) is 3.63. The first-order valence-electron chi connectivity index (χ1n) is 10.8. The lowest BCUT2D eigenvalue weighted by molar-refractivity contribution is 0.0492. The third kappa shape index (κ3) is 6.47. The van der Waals surface area contributed by atoms with Crippen LogP contribution in [0.1, 0.15) is 67.2 Å². The Bertz CT molecular complexity index is 877. The van der Waals surface area contributed by atoms with Crippen molar-refractivity contribution >= 4 is 28.8 Å². The van der Waals surface area contributed by atoms with Crippen LogP contribution in [-0.4, -0.2) is 39.3 Å². The van der Waals surface area contributed by atoms with Crippen molar-refractivity contribution in [1.82, 2.24) is 15.3 Å². The predicted molar refractivity (Wildman–Crippen MR) is 122 cm³/mol. The third-order valence-electron chi connectivity index (χ3n) is 4.88. The number of carbonyl (C=O) groups is 1. The van der Waals surface area contributed by atoms with E-state index in [1.165, 1.54) is 0 Å². The Kier molecular flexibility index (Phi) is 6.38. The number of ether oxygens (including phenoxy) is 1. The van der Waals surface area contributed by atoms with Gasteiger partial charge in [0.25, 0.3) is 0 Å². The maximum atomic E-state index is 12.0.